The smallest absolute Gasteiger partial charge is 0.416 e. The summed E-state index contributed by atoms with van der Waals surface area (Å²) in [5, 5.41) is 11.8. The number of benzene rings is 1. The normalized spacial score (nSPS) is 21.7. The summed E-state index contributed by atoms with van der Waals surface area (Å²) in [6.07, 6.45) is -2.26. The summed E-state index contributed by atoms with van der Waals surface area (Å²) in [5.74, 6) is -1.19. The van der Waals surface area contributed by atoms with Crippen molar-refractivity contribution < 1.29 is 27.9 Å². The molecule has 1 fully saturated rings. The quantitative estimate of drug-likeness (QED) is 0.838. The minimum absolute atomic E-state index is 0.116. The molecule has 26 heavy (non-hydrogen) atoms. The van der Waals surface area contributed by atoms with Gasteiger partial charge in [0.1, 0.15) is 0 Å². The fourth-order valence-corrected chi connectivity index (χ4v) is 3.14. The van der Waals surface area contributed by atoms with Crippen LogP contribution in [0.4, 0.5) is 18.0 Å². The van der Waals surface area contributed by atoms with Crippen LogP contribution in [0.2, 0.25) is 0 Å². The van der Waals surface area contributed by atoms with Gasteiger partial charge in [-0.1, -0.05) is 12.1 Å². The number of halogens is 3. The highest BCUT2D eigenvalue weighted by atomic mass is 19.4. The number of alkyl halides is 3. The predicted octanol–water partition coefficient (Wildman–Crippen LogP) is 4.05. The number of urea groups is 1. The lowest BCUT2D eigenvalue weighted by Gasteiger charge is -2.31. The SMILES string of the molecule is CC(c1cccc(C(F)(F)F)c1)N(C)C(=O)NC1CCC(C(=O)O)CC1. The van der Waals surface area contributed by atoms with Gasteiger partial charge in [0.15, 0.2) is 0 Å². The molecule has 1 atom stereocenters. The van der Waals surface area contributed by atoms with E-state index in [2.05, 4.69) is 5.32 Å². The summed E-state index contributed by atoms with van der Waals surface area (Å²) >= 11 is 0. The molecule has 0 bridgehead atoms. The third kappa shape index (κ3) is 4.89. The van der Waals surface area contributed by atoms with Crippen LogP contribution in [0.25, 0.3) is 0 Å². The Morgan fingerprint density at radius 3 is 2.38 bits per heavy atom. The summed E-state index contributed by atoms with van der Waals surface area (Å²) in [6, 6.07) is 3.90. The molecular weight excluding hydrogens is 349 g/mol. The lowest BCUT2D eigenvalue weighted by molar-refractivity contribution is -0.143. The van der Waals surface area contributed by atoms with Gasteiger partial charge in [0.25, 0.3) is 0 Å². The van der Waals surface area contributed by atoms with Crippen LogP contribution in [0.5, 0.6) is 0 Å². The number of carbonyl (C=O) groups excluding carboxylic acids is 1. The number of carboxylic acids is 1. The monoisotopic (exact) mass is 372 g/mol. The van der Waals surface area contributed by atoms with Gasteiger partial charge in [-0.05, 0) is 50.3 Å². The molecule has 0 radical (unpaired) electrons. The molecule has 0 spiro atoms. The molecule has 1 saturated carbocycles. The fraction of sp³-hybridized carbons (Fsp3) is 0.556. The van der Waals surface area contributed by atoms with Gasteiger partial charge in [-0.2, -0.15) is 13.2 Å². The molecule has 1 aliphatic rings. The van der Waals surface area contributed by atoms with Crippen molar-refractivity contribution in [1.82, 2.24) is 10.2 Å². The van der Waals surface area contributed by atoms with Crippen LogP contribution in [0.1, 0.15) is 49.8 Å². The van der Waals surface area contributed by atoms with Crippen LogP contribution in [0.3, 0.4) is 0 Å². The third-order valence-electron chi connectivity index (χ3n) is 5.00. The molecule has 0 aliphatic heterocycles. The second kappa shape index (κ2) is 7.97. The largest absolute Gasteiger partial charge is 0.481 e. The highest BCUT2D eigenvalue weighted by Gasteiger charge is 2.32. The van der Waals surface area contributed by atoms with E-state index in [1.165, 1.54) is 18.0 Å². The van der Waals surface area contributed by atoms with Crippen LogP contribution < -0.4 is 5.32 Å². The molecule has 2 N–H and O–H groups in total. The molecule has 1 aliphatic carbocycles. The molecule has 1 unspecified atom stereocenters. The Morgan fingerprint density at radius 2 is 1.85 bits per heavy atom. The van der Waals surface area contributed by atoms with E-state index in [-0.39, 0.29) is 18.0 Å². The van der Waals surface area contributed by atoms with Gasteiger partial charge < -0.3 is 15.3 Å². The fourth-order valence-electron chi connectivity index (χ4n) is 3.14. The van der Waals surface area contributed by atoms with Gasteiger partial charge in [0.05, 0.1) is 17.5 Å². The average molecular weight is 372 g/mol. The van der Waals surface area contributed by atoms with Crippen LogP contribution in [-0.4, -0.2) is 35.1 Å². The first-order valence-electron chi connectivity index (χ1n) is 8.53. The zero-order valence-corrected chi connectivity index (χ0v) is 14.7. The van der Waals surface area contributed by atoms with Crippen LogP contribution >= 0.6 is 0 Å². The second-order valence-corrected chi connectivity index (χ2v) is 6.75. The Labute approximate surface area is 150 Å². The highest BCUT2D eigenvalue weighted by molar-refractivity contribution is 5.75. The first-order chi connectivity index (χ1) is 12.1. The van der Waals surface area contributed by atoms with Crippen LogP contribution in [0, 0.1) is 5.92 Å². The number of nitrogens with zero attached hydrogens (tertiary/aromatic N) is 1. The van der Waals surface area contributed by atoms with Crippen molar-refractivity contribution in [2.75, 3.05) is 7.05 Å². The zero-order valence-electron chi connectivity index (χ0n) is 14.7. The maximum absolute atomic E-state index is 12.9. The zero-order chi connectivity index (χ0) is 19.5. The summed E-state index contributed by atoms with van der Waals surface area (Å²) in [4.78, 5) is 24.7. The topological polar surface area (TPSA) is 69.6 Å². The summed E-state index contributed by atoms with van der Waals surface area (Å²) < 4.78 is 38.6. The Hall–Kier alpha value is -2.25. The molecule has 2 rings (SSSR count). The molecule has 8 heteroatoms. The molecule has 0 saturated heterocycles. The van der Waals surface area contributed by atoms with Crippen LogP contribution in [0.15, 0.2) is 24.3 Å². The van der Waals surface area contributed by atoms with E-state index in [1.54, 1.807) is 13.0 Å². The highest BCUT2D eigenvalue weighted by Crippen LogP contribution is 2.32. The van der Waals surface area contributed by atoms with Crippen molar-refractivity contribution in [3.8, 4) is 0 Å². The predicted molar refractivity (Wildman–Crippen MR) is 89.5 cm³/mol. The Morgan fingerprint density at radius 1 is 1.23 bits per heavy atom. The number of carboxylic acid groups (broad SMARTS) is 1. The van der Waals surface area contributed by atoms with Crippen molar-refractivity contribution in [2.45, 2.75) is 50.9 Å². The van der Waals surface area contributed by atoms with Crippen LogP contribution in [-0.2, 0) is 11.0 Å². The van der Waals surface area contributed by atoms with E-state index < -0.39 is 23.8 Å². The van der Waals surface area contributed by atoms with E-state index in [0.717, 1.165) is 12.1 Å². The number of amides is 2. The number of hydrogen-bond acceptors (Lipinski definition) is 2. The Kier molecular flexibility index (Phi) is 6.15. The second-order valence-electron chi connectivity index (χ2n) is 6.75. The number of carbonyl (C=O) groups is 2. The maximum atomic E-state index is 12.9. The first-order valence-corrected chi connectivity index (χ1v) is 8.53. The van der Waals surface area contributed by atoms with E-state index in [9.17, 15) is 22.8 Å². The van der Waals surface area contributed by atoms with Crippen molar-refractivity contribution >= 4 is 12.0 Å². The van der Waals surface area contributed by atoms with Crippen molar-refractivity contribution in [2.24, 2.45) is 5.92 Å². The van der Waals surface area contributed by atoms with Gasteiger partial charge in [0.2, 0.25) is 0 Å². The van der Waals surface area contributed by atoms with E-state index >= 15 is 0 Å². The lowest BCUT2D eigenvalue weighted by atomic mass is 9.86. The number of nitrogens with one attached hydrogen (secondary N) is 1. The average Bonchev–Trinajstić information content (AvgIpc) is 2.60. The molecule has 2 amide bonds. The molecule has 5 nitrogen and oxygen atoms in total. The summed E-state index contributed by atoms with van der Waals surface area (Å²) in [6.45, 7) is 1.66. The summed E-state index contributed by atoms with van der Waals surface area (Å²) in [7, 11) is 1.53. The van der Waals surface area contributed by atoms with Gasteiger partial charge in [-0.3, -0.25) is 4.79 Å². The first kappa shape index (κ1) is 20.1. The van der Waals surface area contributed by atoms with Gasteiger partial charge in [-0.15, -0.1) is 0 Å². The van der Waals surface area contributed by atoms with Crippen molar-refractivity contribution in [3.05, 3.63) is 35.4 Å². The minimum atomic E-state index is -4.43. The molecule has 144 valence electrons. The number of rotatable bonds is 4. The lowest BCUT2D eigenvalue weighted by Crippen LogP contribution is -2.45. The van der Waals surface area contributed by atoms with Gasteiger partial charge in [0, 0.05) is 13.1 Å². The Balaban J connectivity index is 1.97. The maximum Gasteiger partial charge on any atom is 0.416 e. The molecule has 1 aromatic carbocycles. The van der Waals surface area contributed by atoms with Crippen molar-refractivity contribution in [1.29, 1.82) is 0 Å². The molecule has 0 aromatic heterocycles. The molecule has 1 aromatic rings. The number of aliphatic carboxylic acids is 1. The van der Waals surface area contributed by atoms with Gasteiger partial charge in [-0.25, -0.2) is 4.79 Å². The van der Waals surface area contributed by atoms with Crippen molar-refractivity contribution in [3.63, 3.8) is 0 Å². The minimum Gasteiger partial charge on any atom is -0.481 e. The number of hydrogen-bond donors (Lipinski definition) is 2. The van der Waals surface area contributed by atoms with E-state index in [4.69, 9.17) is 5.11 Å². The molecule has 0 heterocycles. The van der Waals surface area contributed by atoms with E-state index in [1.807, 2.05) is 0 Å². The third-order valence-corrected chi connectivity index (χ3v) is 5.00. The standard InChI is InChI=1S/C18H23F3N2O3/c1-11(13-4-3-5-14(10-13)18(19,20)21)23(2)17(26)22-15-8-6-12(7-9-15)16(24)25/h3-5,10-12,15H,6-9H2,1-2H3,(H,22,26)(H,24,25). The summed E-state index contributed by atoms with van der Waals surface area (Å²) in [5.41, 5.74) is -0.352. The molecular formula is C18H23F3N2O3. The van der Waals surface area contributed by atoms with Gasteiger partial charge >= 0.3 is 18.2 Å². The van der Waals surface area contributed by atoms with E-state index in [0.29, 0.717) is 31.2 Å². The Bertz CT molecular complexity index is 655.